The van der Waals surface area contributed by atoms with Crippen LogP contribution in [0, 0.1) is 13.8 Å². The van der Waals surface area contributed by atoms with E-state index in [1.807, 2.05) is 70.2 Å². The SMILES string of the molecule is CCCC(=O)Nc1cccc(SC(C)C(=O)Nc2cc(C)ccc2C)c1. The second-order valence-electron chi connectivity index (χ2n) is 6.39. The highest BCUT2D eigenvalue weighted by atomic mass is 32.2. The van der Waals surface area contributed by atoms with Gasteiger partial charge in [-0.05, 0) is 62.6 Å². The average Bonchev–Trinajstić information content (AvgIpc) is 2.58. The molecule has 138 valence electrons. The summed E-state index contributed by atoms with van der Waals surface area (Å²) >= 11 is 1.47. The van der Waals surface area contributed by atoms with Crippen LogP contribution in [-0.2, 0) is 9.59 Å². The number of aryl methyl sites for hydroxylation is 2. The Labute approximate surface area is 159 Å². The molecule has 0 saturated heterocycles. The maximum absolute atomic E-state index is 12.5. The lowest BCUT2D eigenvalue weighted by Gasteiger charge is -2.14. The molecule has 0 aromatic heterocycles. The van der Waals surface area contributed by atoms with Crippen molar-refractivity contribution in [2.24, 2.45) is 0 Å². The van der Waals surface area contributed by atoms with E-state index in [0.717, 1.165) is 33.8 Å². The Balaban J connectivity index is 2.00. The van der Waals surface area contributed by atoms with Gasteiger partial charge in [-0.25, -0.2) is 0 Å². The Kier molecular flexibility index (Phi) is 7.27. The summed E-state index contributed by atoms with van der Waals surface area (Å²) in [5, 5.41) is 5.64. The second kappa shape index (κ2) is 9.43. The molecule has 0 aliphatic carbocycles. The fraction of sp³-hybridized carbons (Fsp3) is 0.333. The average molecular weight is 371 g/mol. The van der Waals surface area contributed by atoms with Crippen LogP contribution < -0.4 is 10.6 Å². The fourth-order valence-corrected chi connectivity index (χ4v) is 3.39. The predicted molar refractivity (Wildman–Crippen MR) is 110 cm³/mol. The molecule has 4 nitrogen and oxygen atoms in total. The normalized spacial score (nSPS) is 11.7. The lowest BCUT2D eigenvalue weighted by Crippen LogP contribution is -2.22. The minimum atomic E-state index is -0.253. The van der Waals surface area contributed by atoms with Crippen LogP contribution in [0.5, 0.6) is 0 Å². The van der Waals surface area contributed by atoms with Gasteiger partial charge in [0.25, 0.3) is 0 Å². The molecule has 2 amide bonds. The first-order chi connectivity index (χ1) is 12.4. The minimum Gasteiger partial charge on any atom is -0.326 e. The van der Waals surface area contributed by atoms with E-state index in [1.54, 1.807) is 0 Å². The third-order valence-electron chi connectivity index (χ3n) is 3.93. The predicted octanol–water partition coefficient (Wildman–Crippen LogP) is 5.16. The molecule has 2 N–H and O–H groups in total. The third-order valence-corrected chi connectivity index (χ3v) is 5.02. The molecular weight excluding hydrogens is 344 g/mol. The van der Waals surface area contributed by atoms with Gasteiger partial charge in [-0.3, -0.25) is 9.59 Å². The zero-order chi connectivity index (χ0) is 19.1. The van der Waals surface area contributed by atoms with Gasteiger partial charge in [-0.15, -0.1) is 11.8 Å². The van der Waals surface area contributed by atoms with Gasteiger partial charge in [0.05, 0.1) is 5.25 Å². The number of rotatable bonds is 7. The largest absolute Gasteiger partial charge is 0.326 e. The summed E-state index contributed by atoms with van der Waals surface area (Å²) in [6, 6.07) is 13.6. The molecule has 0 fully saturated rings. The van der Waals surface area contributed by atoms with Crippen LogP contribution >= 0.6 is 11.8 Å². The van der Waals surface area contributed by atoms with Crippen molar-refractivity contribution < 1.29 is 9.59 Å². The van der Waals surface area contributed by atoms with E-state index >= 15 is 0 Å². The van der Waals surface area contributed by atoms with E-state index in [-0.39, 0.29) is 17.1 Å². The van der Waals surface area contributed by atoms with Crippen LogP contribution in [0.15, 0.2) is 47.4 Å². The van der Waals surface area contributed by atoms with Crippen LogP contribution in [0.3, 0.4) is 0 Å². The maximum atomic E-state index is 12.5. The van der Waals surface area contributed by atoms with Gasteiger partial charge >= 0.3 is 0 Å². The molecule has 1 unspecified atom stereocenters. The highest BCUT2D eigenvalue weighted by Gasteiger charge is 2.16. The van der Waals surface area contributed by atoms with Crippen molar-refractivity contribution in [2.75, 3.05) is 10.6 Å². The first-order valence-corrected chi connectivity index (χ1v) is 9.71. The fourth-order valence-electron chi connectivity index (χ4n) is 2.46. The number of thioether (sulfide) groups is 1. The monoisotopic (exact) mass is 370 g/mol. The summed E-state index contributed by atoms with van der Waals surface area (Å²) in [5.41, 5.74) is 3.77. The van der Waals surface area contributed by atoms with Gasteiger partial charge in [0.2, 0.25) is 11.8 Å². The number of hydrogen-bond acceptors (Lipinski definition) is 3. The van der Waals surface area contributed by atoms with Crippen LogP contribution in [0.1, 0.15) is 37.8 Å². The van der Waals surface area contributed by atoms with Gasteiger partial charge in [0, 0.05) is 22.7 Å². The minimum absolute atomic E-state index is 0.00960. The van der Waals surface area contributed by atoms with Crippen molar-refractivity contribution in [3.8, 4) is 0 Å². The summed E-state index contributed by atoms with van der Waals surface area (Å²) < 4.78 is 0. The number of amides is 2. The van der Waals surface area contributed by atoms with E-state index < -0.39 is 0 Å². The maximum Gasteiger partial charge on any atom is 0.237 e. The molecule has 0 aliphatic heterocycles. The topological polar surface area (TPSA) is 58.2 Å². The molecule has 2 aromatic carbocycles. The smallest absolute Gasteiger partial charge is 0.237 e. The molecule has 0 bridgehead atoms. The number of carbonyl (C=O) groups excluding carboxylic acids is 2. The summed E-state index contributed by atoms with van der Waals surface area (Å²) in [5.74, 6) is -0.0283. The Morgan fingerprint density at radius 3 is 2.58 bits per heavy atom. The van der Waals surface area contributed by atoms with Gasteiger partial charge in [0.15, 0.2) is 0 Å². The molecule has 0 saturated carbocycles. The molecule has 0 aliphatic rings. The molecule has 0 heterocycles. The Morgan fingerprint density at radius 2 is 1.85 bits per heavy atom. The Hall–Kier alpha value is -2.27. The number of nitrogens with one attached hydrogen (secondary N) is 2. The van der Waals surface area contributed by atoms with E-state index in [9.17, 15) is 9.59 Å². The van der Waals surface area contributed by atoms with E-state index in [4.69, 9.17) is 0 Å². The highest BCUT2D eigenvalue weighted by Crippen LogP contribution is 2.27. The number of anilines is 2. The lowest BCUT2D eigenvalue weighted by atomic mass is 10.1. The van der Waals surface area contributed by atoms with Gasteiger partial charge in [-0.1, -0.05) is 25.1 Å². The summed E-state index contributed by atoms with van der Waals surface area (Å²) in [6.45, 7) is 7.84. The van der Waals surface area contributed by atoms with Crippen molar-refractivity contribution in [3.05, 3.63) is 53.6 Å². The first-order valence-electron chi connectivity index (χ1n) is 8.83. The van der Waals surface area contributed by atoms with Gasteiger partial charge in [0.1, 0.15) is 0 Å². The van der Waals surface area contributed by atoms with Crippen molar-refractivity contribution in [3.63, 3.8) is 0 Å². The third kappa shape index (κ3) is 5.92. The highest BCUT2D eigenvalue weighted by molar-refractivity contribution is 8.00. The molecule has 26 heavy (non-hydrogen) atoms. The van der Waals surface area contributed by atoms with Gasteiger partial charge in [-0.2, -0.15) is 0 Å². The lowest BCUT2D eigenvalue weighted by molar-refractivity contribution is -0.116. The summed E-state index contributed by atoms with van der Waals surface area (Å²) in [7, 11) is 0. The van der Waals surface area contributed by atoms with Crippen molar-refractivity contribution >= 4 is 35.0 Å². The van der Waals surface area contributed by atoms with Crippen LogP contribution in [0.25, 0.3) is 0 Å². The second-order valence-corrected chi connectivity index (χ2v) is 7.81. The standard InChI is InChI=1S/C21H26N2O2S/c1-5-7-20(24)22-17-8-6-9-18(13-17)26-16(4)21(25)23-19-12-14(2)10-11-15(19)3/h6,8-13,16H,5,7H2,1-4H3,(H,22,24)(H,23,25). The quantitative estimate of drug-likeness (QED) is 0.662. The van der Waals surface area contributed by atoms with E-state index in [1.165, 1.54) is 11.8 Å². The zero-order valence-corrected chi connectivity index (χ0v) is 16.6. The van der Waals surface area contributed by atoms with Crippen LogP contribution in [0.2, 0.25) is 0 Å². The Bertz CT molecular complexity index is 789. The molecule has 0 spiro atoms. The van der Waals surface area contributed by atoms with E-state index in [2.05, 4.69) is 10.6 Å². The molecule has 1 atom stereocenters. The van der Waals surface area contributed by atoms with Crippen molar-refractivity contribution in [2.45, 2.75) is 50.7 Å². The number of benzene rings is 2. The zero-order valence-electron chi connectivity index (χ0n) is 15.8. The molecule has 2 rings (SSSR count). The number of carbonyl (C=O) groups is 2. The van der Waals surface area contributed by atoms with E-state index in [0.29, 0.717) is 6.42 Å². The molecule has 2 aromatic rings. The molecule has 0 radical (unpaired) electrons. The number of hydrogen-bond donors (Lipinski definition) is 2. The van der Waals surface area contributed by atoms with Crippen molar-refractivity contribution in [1.82, 2.24) is 0 Å². The van der Waals surface area contributed by atoms with Crippen LogP contribution in [0.4, 0.5) is 11.4 Å². The first kappa shape index (κ1) is 20.0. The molecule has 5 heteroatoms. The Morgan fingerprint density at radius 1 is 1.08 bits per heavy atom. The summed E-state index contributed by atoms with van der Waals surface area (Å²) in [6.07, 6.45) is 1.32. The van der Waals surface area contributed by atoms with Gasteiger partial charge < -0.3 is 10.6 Å². The molecular formula is C21H26N2O2S. The van der Waals surface area contributed by atoms with Crippen LogP contribution in [-0.4, -0.2) is 17.1 Å². The van der Waals surface area contributed by atoms with Crippen molar-refractivity contribution in [1.29, 1.82) is 0 Å². The summed E-state index contributed by atoms with van der Waals surface area (Å²) in [4.78, 5) is 25.2.